The molecule has 31 heavy (non-hydrogen) atoms. The zero-order valence-electron chi connectivity index (χ0n) is 18.2. The number of thiazole rings is 1. The van der Waals surface area contributed by atoms with Gasteiger partial charge in [-0.1, -0.05) is 18.2 Å². The van der Waals surface area contributed by atoms with Gasteiger partial charge in [0, 0.05) is 11.4 Å². The zero-order valence-corrected chi connectivity index (χ0v) is 19.1. The van der Waals surface area contributed by atoms with Gasteiger partial charge >= 0.3 is 0 Å². The second-order valence-corrected chi connectivity index (χ2v) is 9.33. The first kappa shape index (κ1) is 20.2. The summed E-state index contributed by atoms with van der Waals surface area (Å²) in [5.74, 6) is 1.99. The Morgan fingerprint density at radius 1 is 1.10 bits per heavy atom. The van der Waals surface area contributed by atoms with E-state index in [0.29, 0.717) is 12.1 Å². The summed E-state index contributed by atoms with van der Waals surface area (Å²) in [6, 6.07) is 15.4. The number of para-hydroxylation sites is 2. The molecule has 0 radical (unpaired) electrons. The van der Waals surface area contributed by atoms with Crippen LogP contribution < -0.4 is 5.32 Å². The van der Waals surface area contributed by atoms with Gasteiger partial charge in [0.2, 0.25) is 0 Å². The lowest BCUT2D eigenvalue weighted by molar-refractivity contribution is 0.234. The molecule has 0 saturated carbocycles. The molecule has 160 valence electrons. The van der Waals surface area contributed by atoms with E-state index in [1.54, 1.807) is 11.3 Å². The van der Waals surface area contributed by atoms with Gasteiger partial charge in [0.05, 0.1) is 35.0 Å². The lowest BCUT2D eigenvalue weighted by Crippen LogP contribution is -2.25. The minimum Gasteiger partial charge on any atom is -0.324 e. The second kappa shape index (κ2) is 8.40. The Kier molecular flexibility index (Phi) is 5.46. The number of rotatable bonds is 6. The van der Waals surface area contributed by atoms with Crippen molar-refractivity contribution in [2.75, 3.05) is 11.9 Å². The number of aromatic nitrogens is 4. The van der Waals surface area contributed by atoms with Crippen LogP contribution in [0.25, 0.3) is 11.0 Å². The molecule has 0 spiro atoms. The average molecular weight is 433 g/mol. The zero-order chi connectivity index (χ0) is 21.4. The van der Waals surface area contributed by atoms with Crippen molar-refractivity contribution in [3.8, 4) is 0 Å². The first-order chi connectivity index (χ1) is 15.1. The van der Waals surface area contributed by atoms with Crippen LogP contribution in [0.4, 0.5) is 10.9 Å². The van der Waals surface area contributed by atoms with E-state index in [2.05, 4.69) is 70.0 Å². The number of nitrogens with zero attached hydrogens (tertiary/aromatic N) is 5. The first-order valence-electron chi connectivity index (χ1n) is 10.9. The molecular formula is C24H28N6S. The topological polar surface area (TPSA) is 58.9 Å². The molecule has 1 saturated heterocycles. The van der Waals surface area contributed by atoms with Crippen molar-refractivity contribution in [3.63, 3.8) is 0 Å². The normalized spacial score (nSPS) is 17.1. The fourth-order valence-corrected chi connectivity index (χ4v) is 5.24. The van der Waals surface area contributed by atoms with Gasteiger partial charge in [-0.25, -0.2) is 15.0 Å². The maximum Gasteiger partial charge on any atom is 0.188 e. The number of hydrogen-bond donors (Lipinski definition) is 1. The number of fused-ring (bicyclic) bond motifs is 1. The van der Waals surface area contributed by atoms with Gasteiger partial charge in [-0.05, 0) is 64.4 Å². The number of pyridine rings is 1. The maximum absolute atomic E-state index is 4.98. The molecule has 6 nitrogen and oxygen atoms in total. The highest BCUT2D eigenvalue weighted by Crippen LogP contribution is 2.34. The maximum atomic E-state index is 4.98. The summed E-state index contributed by atoms with van der Waals surface area (Å²) in [6.07, 6.45) is 2.30. The van der Waals surface area contributed by atoms with Gasteiger partial charge in [0.15, 0.2) is 5.13 Å². The number of aryl methyl sites for hydroxylation is 1. The van der Waals surface area contributed by atoms with E-state index < -0.39 is 0 Å². The predicted molar refractivity (Wildman–Crippen MR) is 127 cm³/mol. The molecule has 3 aromatic heterocycles. The monoisotopic (exact) mass is 432 g/mol. The van der Waals surface area contributed by atoms with Crippen molar-refractivity contribution in [3.05, 3.63) is 65.1 Å². The fourth-order valence-electron chi connectivity index (χ4n) is 4.54. The minimum absolute atomic E-state index is 0.306. The molecule has 0 bridgehead atoms. The van der Waals surface area contributed by atoms with E-state index in [4.69, 9.17) is 9.97 Å². The molecule has 4 heterocycles. The number of imidazole rings is 1. The quantitative estimate of drug-likeness (QED) is 0.414. The summed E-state index contributed by atoms with van der Waals surface area (Å²) < 4.78 is 2.38. The summed E-state index contributed by atoms with van der Waals surface area (Å²) in [5.41, 5.74) is 4.43. The Hall–Kier alpha value is -2.77. The van der Waals surface area contributed by atoms with Crippen molar-refractivity contribution in [1.29, 1.82) is 0 Å². The van der Waals surface area contributed by atoms with Crippen LogP contribution in [0.2, 0.25) is 0 Å². The number of hydrogen-bond acceptors (Lipinski definition) is 6. The van der Waals surface area contributed by atoms with Gasteiger partial charge in [-0.15, -0.1) is 11.3 Å². The average Bonchev–Trinajstić information content (AvgIpc) is 3.46. The van der Waals surface area contributed by atoms with Gasteiger partial charge in [0.1, 0.15) is 11.6 Å². The van der Waals surface area contributed by atoms with E-state index in [-0.39, 0.29) is 0 Å². The second-order valence-electron chi connectivity index (χ2n) is 8.48. The first-order valence-corrected chi connectivity index (χ1v) is 11.8. The third kappa shape index (κ3) is 4.07. The van der Waals surface area contributed by atoms with Crippen LogP contribution in [0.15, 0.2) is 47.8 Å². The molecule has 1 N–H and O–H groups in total. The van der Waals surface area contributed by atoms with E-state index in [1.165, 1.54) is 11.9 Å². The summed E-state index contributed by atoms with van der Waals surface area (Å²) in [4.78, 5) is 16.9. The summed E-state index contributed by atoms with van der Waals surface area (Å²) in [6.45, 7) is 8.37. The molecule has 4 aromatic rings. The van der Waals surface area contributed by atoms with E-state index in [1.807, 2.05) is 18.4 Å². The Morgan fingerprint density at radius 2 is 1.97 bits per heavy atom. The fraction of sp³-hybridized carbons (Fsp3) is 0.375. The molecule has 1 aliphatic heterocycles. The van der Waals surface area contributed by atoms with Crippen molar-refractivity contribution in [2.45, 2.75) is 52.2 Å². The standard InChI is InChI=1S/C24H28N6S/c1-16(2)30-21-10-5-4-8-19(21)27-23(30)14-29-13-7-11-20(29)18-9-6-12-22(26-18)28-24-25-17(3)15-31-24/h4-6,8-10,12,15-16,20H,7,11,13-14H2,1-3H3,(H,25,26,28)/t20-/m0/s1. The molecule has 1 aromatic carbocycles. The smallest absolute Gasteiger partial charge is 0.188 e. The lowest BCUT2D eigenvalue weighted by Gasteiger charge is -2.25. The van der Waals surface area contributed by atoms with Gasteiger partial charge < -0.3 is 9.88 Å². The van der Waals surface area contributed by atoms with Crippen LogP contribution in [0, 0.1) is 6.92 Å². The molecule has 7 heteroatoms. The van der Waals surface area contributed by atoms with E-state index in [9.17, 15) is 0 Å². The predicted octanol–water partition coefficient (Wildman–Crippen LogP) is 5.86. The number of nitrogens with one attached hydrogen (secondary N) is 1. The molecular weight excluding hydrogens is 404 g/mol. The van der Waals surface area contributed by atoms with Crippen LogP contribution in [0.5, 0.6) is 0 Å². The third-order valence-corrected chi connectivity index (χ3v) is 6.74. The molecule has 5 rings (SSSR count). The van der Waals surface area contributed by atoms with Crippen molar-refractivity contribution in [1.82, 2.24) is 24.4 Å². The third-order valence-electron chi connectivity index (χ3n) is 5.86. The Bertz CT molecular complexity index is 1190. The Morgan fingerprint density at radius 3 is 2.77 bits per heavy atom. The van der Waals surface area contributed by atoms with E-state index in [0.717, 1.165) is 53.2 Å². The summed E-state index contributed by atoms with van der Waals surface area (Å²) >= 11 is 1.61. The van der Waals surface area contributed by atoms with Crippen LogP contribution in [0.1, 0.15) is 56.0 Å². The summed E-state index contributed by atoms with van der Waals surface area (Å²) in [7, 11) is 0. The Labute approximate surface area is 187 Å². The molecule has 1 fully saturated rings. The van der Waals surface area contributed by atoms with Gasteiger partial charge in [0.25, 0.3) is 0 Å². The SMILES string of the molecule is Cc1csc(Nc2cccc([C@@H]3CCCN3Cc3nc4ccccc4n3C(C)C)n2)n1. The molecule has 0 unspecified atom stereocenters. The molecule has 0 aliphatic carbocycles. The highest BCUT2D eigenvalue weighted by molar-refractivity contribution is 7.13. The van der Waals surface area contributed by atoms with Gasteiger partial charge in [-0.2, -0.15) is 0 Å². The van der Waals surface area contributed by atoms with Crippen LogP contribution in [0.3, 0.4) is 0 Å². The highest BCUT2D eigenvalue weighted by Gasteiger charge is 2.29. The molecule has 1 aliphatic rings. The van der Waals surface area contributed by atoms with Crippen molar-refractivity contribution in [2.24, 2.45) is 0 Å². The highest BCUT2D eigenvalue weighted by atomic mass is 32.1. The summed E-state index contributed by atoms with van der Waals surface area (Å²) in [5, 5.41) is 6.29. The van der Waals surface area contributed by atoms with Crippen molar-refractivity contribution < 1.29 is 0 Å². The van der Waals surface area contributed by atoms with Crippen LogP contribution in [-0.4, -0.2) is 31.0 Å². The van der Waals surface area contributed by atoms with Crippen LogP contribution in [-0.2, 0) is 6.54 Å². The van der Waals surface area contributed by atoms with E-state index >= 15 is 0 Å². The van der Waals surface area contributed by atoms with Crippen LogP contribution >= 0.6 is 11.3 Å². The van der Waals surface area contributed by atoms with Crippen molar-refractivity contribution >= 4 is 33.3 Å². The number of anilines is 2. The Balaban J connectivity index is 1.40. The lowest BCUT2D eigenvalue weighted by atomic mass is 10.1. The number of likely N-dealkylation sites (tertiary alicyclic amines) is 1. The largest absolute Gasteiger partial charge is 0.324 e. The molecule has 0 amide bonds. The number of benzene rings is 1. The minimum atomic E-state index is 0.306. The van der Waals surface area contributed by atoms with Gasteiger partial charge in [-0.3, -0.25) is 4.90 Å². The molecule has 1 atom stereocenters.